The van der Waals surface area contributed by atoms with Crippen molar-refractivity contribution in [2.24, 2.45) is 0 Å². The molecule has 1 heterocycles. The average Bonchev–Trinajstić information content (AvgIpc) is 3.02. The number of rotatable bonds is 5. The van der Waals surface area contributed by atoms with Crippen molar-refractivity contribution in [2.45, 2.75) is 54.7 Å². The molecule has 2 N–H and O–H groups in total. The Hall–Kier alpha value is -2.92. The number of halogens is 3. The molecular weight excluding hydrogens is 507 g/mol. The van der Waals surface area contributed by atoms with Gasteiger partial charge in [-0.3, -0.25) is 0 Å². The van der Waals surface area contributed by atoms with Gasteiger partial charge in [-0.05, 0) is 65.8 Å². The lowest BCUT2D eigenvalue weighted by atomic mass is 9.79. The van der Waals surface area contributed by atoms with Crippen LogP contribution in [0.1, 0.15) is 34.6 Å². The van der Waals surface area contributed by atoms with E-state index in [1.165, 1.54) is 0 Å². The highest BCUT2D eigenvalue weighted by Crippen LogP contribution is 2.40. The van der Waals surface area contributed by atoms with E-state index in [2.05, 4.69) is 21.6 Å². The van der Waals surface area contributed by atoms with Crippen LogP contribution in [0.15, 0.2) is 77.7 Å². The fourth-order valence-corrected chi connectivity index (χ4v) is 6.55. The van der Waals surface area contributed by atoms with Crippen LogP contribution in [0.2, 0.25) is 0 Å². The minimum Gasteiger partial charge on any atom is -0.406 e. The predicted molar refractivity (Wildman–Crippen MR) is 130 cm³/mol. The minimum absolute atomic E-state index is 0.230. The minimum atomic E-state index is -4.88. The van der Waals surface area contributed by atoms with Crippen molar-refractivity contribution in [3.05, 3.63) is 95.1 Å². The highest BCUT2D eigenvalue weighted by Gasteiger charge is 2.42. The molecule has 6 nitrogen and oxygen atoms in total. The quantitative estimate of drug-likeness (QED) is 0.511. The van der Waals surface area contributed by atoms with Gasteiger partial charge in [0, 0.05) is 12.5 Å². The van der Waals surface area contributed by atoms with Crippen molar-refractivity contribution in [2.75, 3.05) is 6.61 Å². The van der Waals surface area contributed by atoms with Gasteiger partial charge >= 0.3 is 6.36 Å². The molecule has 0 saturated carbocycles. The molecule has 1 saturated heterocycles. The van der Waals surface area contributed by atoms with Crippen molar-refractivity contribution in [1.82, 2.24) is 4.72 Å². The number of fused-ring (bicyclic) bond motifs is 2. The van der Waals surface area contributed by atoms with Crippen LogP contribution < -0.4 is 9.46 Å². The molecule has 0 spiro atoms. The summed E-state index contributed by atoms with van der Waals surface area (Å²) in [5.41, 5.74) is 4.40. The highest BCUT2D eigenvalue weighted by atomic mass is 32.2. The van der Waals surface area contributed by atoms with Gasteiger partial charge in [0.2, 0.25) is 10.0 Å². The monoisotopic (exact) mass is 533 g/mol. The first-order valence-corrected chi connectivity index (χ1v) is 13.4. The molecule has 5 rings (SSSR count). The molecule has 10 heteroatoms. The third-order valence-corrected chi connectivity index (χ3v) is 8.44. The summed E-state index contributed by atoms with van der Waals surface area (Å²) in [4.78, 5) is -0.234. The molecule has 196 valence electrons. The molecule has 37 heavy (non-hydrogen) atoms. The summed E-state index contributed by atoms with van der Waals surface area (Å²) in [5.74, 6) is -0.820. The van der Waals surface area contributed by atoms with Crippen LogP contribution in [0.4, 0.5) is 13.2 Å². The van der Waals surface area contributed by atoms with Gasteiger partial charge in [0.25, 0.3) is 0 Å². The lowest BCUT2D eigenvalue weighted by Gasteiger charge is -2.40. The topological polar surface area (TPSA) is 84.9 Å². The van der Waals surface area contributed by atoms with Crippen molar-refractivity contribution < 1.29 is 36.2 Å². The Balaban J connectivity index is 1.41. The van der Waals surface area contributed by atoms with Crippen LogP contribution in [0, 0.1) is 0 Å². The van der Waals surface area contributed by atoms with E-state index in [0.29, 0.717) is 0 Å². The molecule has 0 bridgehead atoms. The van der Waals surface area contributed by atoms with Gasteiger partial charge in [0.15, 0.2) is 0 Å². The molecule has 3 unspecified atom stereocenters. The third-order valence-electron chi connectivity index (χ3n) is 6.93. The van der Waals surface area contributed by atoms with Crippen molar-refractivity contribution in [3.63, 3.8) is 0 Å². The average molecular weight is 534 g/mol. The second kappa shape index (κ2) is 10.1. The summed E-state index contributed by atoms with van der Waals surface area (Å²) in [6, 6.07) is 19.1. The molecule has 3 aromatic rings. The first-order chi connectivity index (χ1) is 17.6. The number of hydrogen-bond donors (Lipinski definition) is 2. The number of aliphatic hydroxyl groups is 1. The number of alkyl halides is 3. The van der Waals surface area contributed by atoms with Crippen LogP contribution in [-0.2, 0) is 27.6 Å². The number of benzene rings is 3. The third kappa shape index (κ3) is 5.52. The molecule has 1 aliphatic carbocycles. The van der Waals surface area contributed by atoms with Gasteiger partial charge in [0.05, 0.1) is 23.1 Å². The first-order valence-electron chi connectivity index (χ1n) is 12.0. The van der Waals surface area contributed by atoms with Gasteiger partial charge in [-0.25, -0.2) is 13.1 Å². The fourth-order valence-electron chi connectivity index (χ4n) is 5.26. The van der Waals surface area contributed by atoms with E-state index in [9.17, 15) is 26.7 Å². The zero-order valence-corrected chi connectivity index (χ0v) is 20.5. The number of aryl methyl sites for hydroxylation is 2. The van der Waals surface area contributed by atoms with Gasteiger partial charge < -0.3 is 14.6 Å². The van der Waals surface area contributed by atoms with E-state index in [-0.39, 0.29) is 23.8 Å². The molecule has 0 amide bonds. The van der Waals surface area contributed by atoms with Gasteiger partial charge in [-0.1, -0.05) is 48.5 Å². The second-order valence-electron chi connectivity index (χ2n) is 9.24. The highest BCUT2D eigenvalue weighted by molar-refractivity contribution is 7.89. The maximum absolute atomic E-state index is 13.1. The lowest BCUT2D eigenvalue weighted by molar-refractivity contribution is -0.274. The van der Waals surface area contributed by atoms with E-state index >= 15 is 0 Å². The molecule has 0 aromatic heterocycles. The molecule has 3 atom stereocenters. The summed E-state index contributed by atoms with van der Waals surface area (Å²) < 4.78 is 75.9. The van der Waals surface area contributed by atoms with Crippen LogP contribution in [0.3, 0.4) is 0 Å². The number of aliphatic hydroxyl groups excluding tert-OH is 1. The Morgan fingerprint density at radius 3 is 2.03 bits per heavy atom. The van der Waals surface area contributed by atoms with Crippen molar-refractivity contribution in [1.29, 1.82) is 0 Å². The molecule has 1 aliphatic heterocycles. The smallest absolute Gasteiger partial charge is 0.406 e. The lowest BCUT2D eigenvalue weighted by Crippen LogP contribution is -2.54. The Morgan fingerprint density at radius 1 is 0.892 bits per heavy atom. The Kier molecular flexibility index (Phi) is 7.01. The Morgan fingerprint density at radius 2 is 1.46 bits per heavy atom. The summed E-state index contributed by atoms with van der Waals surface area (Å²) in [5, 5.41) is 11.4. The van der Waals surface area contributed by atoms with Crippen LogP contribution >= 0.6 is 0 Å². The normalized spacial score (nSPS) is 22.5. The van der Waals surface area contributed by atoms with E-state index in [1.807, 2.05) is 36.4 Å². The van der Waals surface area contributed by atoms with E-state index < -0.39 is 40.4 Å². The molecule has 1 fully saturated rings. The van der Waals surface area contributed by atoms with Crippen LogP contribution in [-0.4, -0.2) is 44.7 Å². The Bertz CT molecular complexity index is 1310. The van der Waals surface area contributed by atoms with Gasteiger partial charge in [-0.15, -0.1) is 13.2 Å². The fraction of sp³-hybridized carbons (Fsp3) is 0.333. The Labute approximate surface area is 213 Å². The summed E-state index contributed by atoms with van der Waals surface area (Å²) >= 11 is 0. The van der Waals surface area contributed by atoms with Gasteiger partial charge in [0.1, 0.15) is 5.75 Å². The molecule has 3 aromatic carbocycles. The van der Waals surface area contributed by atoms with Gasteiger partial charge in [-0.2, -0.15) is 0 Å². The number of hydrogen-bond acceptors (Lipinski definition) is 5. The summed E-state index contributed by atoms with van der Waals surface area (Å²) in [6.45, 7) is 0.230. The number of sulfonamides is 1. The summed E-state index contributed by atoms with van der Waals surface area (Å²) in [6.07, 6.45) is -4.82. The predicted octanol–water partition coefficient (Wildman–Crippen LogP) is 4.31. The number of nitrogens with one attached hydrogen (secondary N) is 1. The van der Waals surface area contributed by atoms with E-state index in [0.717, 1.165) is 59.4 Å². The SMILES string of the molecule is O=S(=O)(NC1CCOC(C2c3ccccc3CCc3ccccc32)C1O)c1ccc(OC(F)(F)F)cc1. The maximum atomic E-state index is 13.1. The van der Waals surface area contributed by atoms with Crippen molar-refractivity contribution in [3.8, 4) is 5.75 Å². The van der Waals surface area contributed by atoms with Crippen molar-refractivity contribution >= 4 is 10.0 Å². The molecule has 2 aliphatic rings. The summed E-state index contributed by atoms with van der Waals surface area (Å²) in [7, 11) is -4.14. The zero-order valence-electron chi connectivity index (χ0n) is 19.7. The van der Waals surface area contributed by atoms with Crippen LogP contribution in [0.5, 0.6) is 5.75 Å². The second-order valence-corrected chi connectivity index (χ2v) is 11.0. The maximum Gasteiger partial charge on any atom is 0.573 e. The van der Waals surface area contributed by atoms with E-state index in [1.54, 1.807) is 0 Å². The largest absolute Gasteiger partial charge is 0.573 e. The zero-order chi connectivity index (χ0) is 26.2. The number of ether oxygens (including phenoxy) is 2. The van der Waals surface area contributed by atoms with Crippen LogP contribution in [0.25, 0.3) is 0 Å². The first kappa shape index (κ1) is 25.7. The molecular formula is C27H26F3NO5S. The molecule has 0 radical (unpaired) electrons. The standard InChI is InChI=1S/C27H26F3NO5S/c28-27(29,30)36-19-11-13-20(14-12-19)37(33,34)31-23-15-16-35-26(25(23)32)24-21-7-3-1-5-17(21)9-10-18-6-2-4-8-22(18)24/h1-8,11-14,23-26,31-32H,9-10,15-16H2. The van der Waals surface area contributed by atoms with E-state index in [4.69, 9.17) is 4.74 Å².